The number of fused-ring (bicyclic) bond motifs is 2. The molecule has 2 aromatic rings. The summed E-state index contributed by atoms with van der Waals surface area (Å²) < 4.78 is 5.14. The van der Waals surface area contributed by atoms with Crippen molar-refractivity contribution in [3.05, 3.63) is 42.8 Å². The molecule has 23 heavy (non-hydrogen) atoms. The molecule has 1 aliphatic carbocycles. The van der Waals surface area contributed by atoms with E-state index in [1.807, 2.05) is 0 Å². The Labute approximate surface area is 140 Å². The van der Waals surface area contributed by atoms with Crippen LogP contribution in [-0.2, 0) is 9.53 Å². The van der Waals surface area contributed by atoms with Crippen molar-refractivity contribution in [2.75, 3.05) is 0 Å². The van der Waals surface area contributed by atoms with Gasteiger partial charge in [0.25, 0.3) is 0 Å². The van der Waals surface area contributed by atoms with Gasteiger partial charge in [0.05, 0.1) is 21.4 Å². The van der Waals surface area contributed by atoms with Crippen molar-refractivity contribution in [3.8, 4) is 0 Å². The van der Waals surface area contributed by atoms with Gasteiger partial charge in [0.1, 0.15) is 6.10 Å². The van der Waals surface area contributed by atoms with E-state index in [4.69, 9.17) is 4.74 Å². The minimum absolute atomic E-state index is 0.210. The number of hydrogen-bond acceptors (Lipinski definition) is 7. The van der Waals surface area contributed by atoms with Crippen LogP contribution >= 0.6 is 22.7 Å². The van der Waals surface area contributed by atoms with Crippen LogP contribution in [0.3, 0.4) is 0 Å². The smallest absolute Gasteiger partial charge is 0.303 e. The molecule has 2 atom stereocenters. The summed E-state index contributed by atoms with van der Waals surface area (Å²) in [5.41, 5.74) is 1.18. The second kappa shape index (κ2) is 5.67. The molecule has 5 nitrogen and oxygen atoms in total. The van der Waals surface area contributed by atoms with E-state index in [1.165, 1.54) is 18.3 Å². The molecule has 0 fully saturated rings. The van der Waals surface area contributed by atoms with Crippen molar-refractivity contribution in [1.82, 2.24) is 0 Å². The van der Waals surface area contributed by atoms with E-state index < -0.39 is 18.2 Å². The maximum atomic E-state index is 12.8. The molecular weight excluding hydrogens is 336 g/mol. The molecule has 0 unspecified atom stereocenters. The van der Waals surface area contributed by atoms with Gasteiger partial charge in [0, 0.05) is 22.9 Å². The van der Waals surface area contributed by atoms with Crippen molar-refractivity contribution >= 4 is 40.2 Å². The number of esters is 1. The Bertz CT molecular complexity index is 828. The van der Waals surface area contributed by atoms with Crippen LogP contribution in [0.5, 0.6) is 0 Å². The third-order valence-electron chi connectivity index (χ3n) is 3.65. The summed E-state index contributed by atoms with van der Waals surface area (Å²) in [5.74, 6) is -0.912. The van der Waals surface area contributed by atoms with E-state index in [0.29, 0.717) is 31.3 Å². The Morgan fingerprint density at radius 3 is 2.52 bits per heavy atom. The Morgan fingerprint density at radius 1 is 1.22 bits per heavy atom. The standard InChI is InChI=1S/C16H14O5S2/c1-6(17)11-4-9-13(19)12-10(7(2)21-8(3)18)5-22-16(12)14(20)15(9)23-11/h4-7,17H,1-3H3/t6-,7-/m0/s1. The molecule has 120 valence electrons. The van der Waals surface area contributed by atoms with Crippen LogP contribution in [0.1, 0.15) is 73.9 Å². The van der Waals surface area contributed by atoms with Crippen molar-refractivity contribution in [2.24, 2.45) is 0 Å². The molecule has 0 saturated heterocycles. The average molecular weight is 350 g/mol. The maximum absolute atomic E-state index is 12.8. The van der Waals surface area contributed by atoms with Gasteiger partial charge in [-0.25, -0.2) is 0 Å². The first-order chi connectivity index (χ1) is 10.8. The minimum Gasteiger partial charge on any atom is -0.458 e. The first-order valence-corrected chi connectivity index (χ1v) is 8.70. The number of ketones is 2. The summed E-state index contributed by atoms with van der Waals surface area (Å²) in [5, 5.41) is 11.4. The normalized spacial score (nSPS) is 15.8. The molecule has 0 aromatic carbocycles. The van der Waals surface area contributed by atoms with Crippen LogP contribution in [-0.4, -0.2) is 22.6 Å². The van der Waals surface area contributed by atoms with E-state index in [1.54, 1.807) is 25.3 Å². The number of thiophene rings is 2. The monoisotopic (exact) mass is 350 g/mol. The molecule has 1 aliphatic rings. The van der Waals surface area contributed by atoms with E-state index in [2.05, 4.69) is 0 Å². The highest BCUT2D eigenvalue weighted by Gasteiger charge is 2.37. The summed E-state index contributed by atoms with van der Waals surface area (Å²) in [6.07, 6.45) is -1.33. The van der Waals surface area contributed by atoms with Crippen LogP contribution in [0.25, 0.3) is 0 Å². The van der Waals surface area contributed by atoms with Gasteiger partial charge in [-0.3, -0.25) is 14.4 Å². The number of carbonyl (C=O) groups is 3. The van der Waals surface area contributed by atoms with Crippen molar-refractivity contribution in [2.45, 2.75) is 33.0 Å². The first kappa shape index (κ1) is 16.0. The summed E-state index contributed by atoms with van der Waals surface area (Å²) >= 11 is 2.33. The molecule has 1 N–H and O–H groups in total. The molecule has 0 amide bonds. The zero-order valence-electron chi connectivity index (χ0n) is 12.7. The number of ether oxygens (including phenoxy) is 1. The largest absolute Gasteiger partial charge is 0.458 e. The molecule has 7 heteroatoms. The second-order valence-electron chi connectivity index (χ2n) is 5.37. The number of carbonyl (C=O) groups excluding carboxylic acids is 3. The van der Waals surface area contributed by atoms with Crippen LogP contribution in [0.2, 0.25) is 0 Å². The fraction of sp³-hybridized carbons (Fsp3) is 0.312. The number of aliphatic hydroxyl groups is 1. The third-order valence-corrected chi connectivity index (χ3v) is 5.95. The minimum atomic E-state index is -0.733. The molecule has 0 spiro atoms. The van der Waals surface area contributed by atoms with Gasteiger partial charge in [0.15, 0.2) is 5.78 Å². The quantitative estimate of drug-likeness (QED) is 0.733. The lowest BCUT2D eigenvalue weighted by Crippen LogP contribution is -2.19. The van der Waals surface area contributed by atoms with Crippen molar-refractivity contribution in [3.63, 3.8) is 0 Å². The summed E-state index contributed by atoms with van der Waals surface area (Å²) in [6, 6.07) is 1.58. The van der Waals surface area contributed by atoms with Crippen molar-refractivity contribution in [1.29, 1.82) is 0 Å². The lowest BCUT2D eigenvalue weighted by Gasteiger charge is -2.15. The van der Waals surface area contributed by atoms with Crippen LogP contribution in [0.4, 0.5) is 0 Å². The van der Waals surface area contributed by atoms with Gasteiger partial charge >= 0.3 is 5.97 Å². The van der Waals surface area contributed by atoms with E-state index in [0.717, 1.165) is 11.3 Å². The van der Waals surface area contributed by atoms with E-state index in [9.17, 15) is 19.5 Å². The highest BCUT2D eigenvalue weighted by molar-refractivity contribution is 7.18. The Balaban J connectivity index is 2.10. The topological polar surface area (TPSA) is 80.7 Å². The highest BCUT2D eigenvalue weighted by Crippen LogP contribution is 2.41. The molecule has 0 bridgehead atoms. The predicted octanol–water partition coefficient (Wildman–Crippen LogP) is 3.26. The summed E-state index contributed by atoms with van der Waals surface area (Å²) in [7, 11) is 0. The Kier molecular flexibility index (Phi) is 3.95. The molecule has 2 aromatic heterocycles. The zero-order chi connectivity index (χ0) is 16.9. The predicted molar refractivity (Wildman–Crippen MR) is 86.3 cm³/mol. The molecular formula is C16H14O5S2. The molecule has 0 saturated carbocycles. The maximum Gasteiger partial charge on any atom is 0.303 e. The van der Waals surface area contributed by atoms with Crippen LogP contribution in [0, 0.1) is 0 Å². The summed E-state index contributed by atoms with van der Waals surface area (Å²) in [6.45, 7) is 4.57. The van der Waals surface area contributed by atoms with Gasteiger partial charge in [-0.2, -0.15) is 0 Å². The Hall–Kier alpha value is -1.83. The number of hydrogen-bond donors (Lipinski definition) is 1. The zero-order valence-corrected chi connectivity index (χ0v) is 14.3. The van der Waals surface area contributed by atoms with Crippen LogP contribution < -0.4 is 0 Å². The van der Waals surface area contributed by atoms with E-state index >= 15 is 0 Å². The molecule has 0 aliphatic heterocycles. The van der Waals surface area contributed by atoms with Gasteiger partial charge < -0.3 is 9.84 Å². The fourth-order valence-corrected chi connectivity index (χ4v) is 4.77. The van der Waals surface area contributed by atoms with Gasteiger partial charge in [-0.1, -0.05) is 0 Å². The SMILES string of the molecule is CC(=O)O[C@@H](C)c1csc2c1C(=O)c1cc([C@H](C)O)sc1C2=O. The van der Waals surface area contributed by atoms with E-state index in [-0.39, 0.29) is 11.6 Å². The molecule has 2 heterocycles. The molecule has 3 rings (SSSR count). The number of aliphatic hydroxyl groups excluding tert-OH is 1. The number of rotatable bonds is 3. The van der Waals surface area contributed by atoms with Crippen LogP contribution in [0.15, 0.2) is 11.4 Å². The lowest BCUT2D eigenvalue weighted by molar-refractivity contribution is -0.145. The first-order valence-electron chi connectivity index (χ1n) is 7.01. The average Bonchev–Trinajstić information content (AvgIpc) is 3.09. The fourth-order valence-electron chi connectivity index (χ4n) is 2.58. The van der Waals surface area contributed by atoms with Gasteiger partial charge in [0.2, 0.25) is 5.78 Å². The Morgan fingerprint density at radius 2 is 1.91 bits per heavy atom. The van der Waals surface area contributed by atoms with Crippen molar-refractivity contribution < 1.29 is 24.2 Å². The highest BCUT2D eigenvalue weighted by atomic mass is 32.1. The third kappa shape index (κ3) is 2.54. The van der Waals surface area contributed by atoms with Gasteiger partial charge in [-0.15, -0.1) is 22.7 Å². The van der Waals surface area contributed by atoms with Gasteiger partial charge in [-0.05, 0) is 25.3 Å². The molecule has 0 radical (unpaired) electrons. The second-order valence-corrected chi connectivity index (χ2v) is 7.34. The summed E-state index contributed by atoms with van der Waals surface area (Å²) in [4.78, 5) is 37.9. The lowest BCUT2D eigenvalue weighted by atomic mass is 9.91.